The van der Waals surface area contributed by atoms with Gasteiger partial charge in [-0.1, -0.05) is 18.2 Å². The highest BCUT2D eigenvalue weighted by molar-refractivity contribution is 6.02. The molecule has 1 aromatic carbocycles. The minimum absolute atomic E-state index is 0.0679. The lowest BCUT2D eigenvalue weighted by atomic mass is 9.94. The van der Waals surface area contributed by atoms with Crippen LogP contribution >= 0.6 is 0 Å². The Bertz CT molecular complexity index is 891. The van der Waals surface area contributed by atoms with Crippen LogP contribution in [0.5, 0.6) is 0 Å². The van der Waals surface area contributed by atoms with E-state index in [4.69, 9.17) is 5.73 Å². The van der Waals surface area contributed by atoms with Gasteiger partial charge >= 0.3 is 6.18 Å². The second-order valence-corrected chi connectivity index (χ2v) is 6.19. The number of nitrogens with zero attached hydrogens (tertiary/aromatic N) is 4. The van der Waals surface area contributed by atoms with Gasteiger partial charge in [-0.05, 0) is 6.07 Å². The number of aliphatic imine (C=N–C) groups is 1. The molecular formula is C17H16F3N6O-. The molecule has 1 aromatic heterocycles. The van der Waals surface area contributed by atoms with Gasteiger partial charge in [-0.3, -0.25) is 0 Å². The highest BCUT2D eigenvalue weighted by Crippen LogP contribution is 2.39. The zero-order chi connectivity index (χ0) is 19.0. The number of halogens is 3. The molecule has 10 heteroatoms. The van der Waals surface area contributed by atoms with E-state index in [9.17, 15) is 13.2 Å². The predicted octanol–water partition coefficient (Wildman–Crippen LogP) is 2.03. The first kappa shape index (κ1) is 17.6. The van der Waals surface area contributed by atoms with Crippen molar-refractivity contribution in [2.75, 3.05) is 19.8 Å². The number of nitrogens with one attached hydrogen (secondary N) is 1. The van der Waals surface area contributed by atoms with Gasteiger partial charge in [0.15, 0.2) is 0 Å². The molecule has 0 aliphatic carbocycles. The lowest BCUT2D eigenvalue weighted by Crippen LogP contribution is -2.35. The molecule has 1 atom stereocenters. The second kappa shape index (κ2) is 6.71. The summed E-state index contributed by atoms with van der Waals surface area (Å²) >= 11 is 0. The molecule has 0 spiro atoms. The average Bonchev–Trinajstić information content (AvgIpc) is 3.28. The number of aromatic nitrogens is 2. The highest BCUT2D eigenvalue weighted by atomic mass is 19.4. The minimum Gasteiger partial charge on any atom is -0.581 e. The first-order valence-electron chi connectivity index (χ1n) is 8.23. The molecule has 0 bridgehead atoms. The van der Waals surface area contributed by atoms with Crippen LogP contribution in [0.1, 0.15) is 11.6 Å². The van der Waals surface area contributed by atoms with Crippen molar-refractivity contribution in [1.29, 1.82) is 0 Å². The summed E-state index contributed by atoms with van der Waals surface area (Å²) in [5.74, 6) is 0.365. The summed E-state index contributed by atoms with van der Waals surface area (Å²) in [7, 11) is 0. The van der Waals surface area contributed by atoms with Crippen LogP contribution < -0.4 is 16.3 Å². The summed E-state index contributed by atoms with van der Waals surface area (Å²) in [5, 5.41) is 9.52. The highest BCUT2D eigenvalue weighted by Gasteiger charge is 2.33. The van der Waals surface area contributed by atoms with Crippen LogP contribution in [0.3, 0.4) is 0 Å². The monoisotopic (exact) mass is 377 g/mol. The third-order valence-electron chi connectivity index (χ3n) is 4.28. The van der Waals surface area contributed by atoms with Gasteiger partial charge in [-0.2, -0.15) is 19.4 Å². The topological polar surface area (TPSA) is 89.9 Å². The Kier molecular flexibility index (Phi) is 4.36. The molecule has 1 unspecified atom stereocenters. The smallest absolute Gasteiger partial charge is 0.411 e. The van der Waals surface area contributed by atoms with Crippen molar-refractivity contribution >= 4 is 11.5 Å². The summed E-state index contributed by atoms with van der Waals surface area (Å²) in [6.07, 6.45) is -0.963. The fourth-order valence-corrected chi connectivity index (χ4v) is 3.07. The van der Waals surface area contributed by atoms with Gasteiger partial charge in [0.05, 0.1) is 24.9 Å². The Balaban J connectivity index is 1.48. The van der Waals surface area contributed by atoms with Gasteiger partial charge < -0.3 is 25.7 Å². The van der Waals surface area contributed by atoms with E-state index < -0.39 is 12.8 Å². The molecule has 2 aromatic rings. The molecule has 0 amide bonds. The number of fused-ring (bicyclic) bond motifs is 3. The van der Waals surface area contributed by atoms with Crippen molar-refractivity contribution in [3.63, 3.8) is 0 Å². The lowest BCUT2D eigenvalue weighted by Gasteiger charge is -2.24. The van der Waals surface area contributed by atoms with Crippen molar-refractivity contribution in [2.45, 2.75) is 12.2 Å². The van der Waals surface area contributed by atoms with Crippen molar-refractivity contribution in [2.24, 2.45) is 10.7 Å². The van der Waals surface area contributed by atoms with Gasteiger partial charge in [0, 0.05) is 28.6 Å². The van der Waals surface area contributed by atoms with Gasteiger partial charge in [0.2, 0.25) is 0 Å². The molecule has 0 fully saturated rings. The van der Waals surface area contributed by atoms with E-state index in [0.717, 1.165) is 28.1 Å². The summed E-state index contributed by atoms with van der Waals surface area (Å²) in [6.45, 7) is -1.08. The molecule has 0 saturated heterocycles. The number of hydrogen-bond donors (Lipinski definition) is 2. The maximum Gasteiger partial charge on any atom is 0.411 e. The SMILES string of the molecule is NC1=Nc2cc(-c3cc[n-]n3)ccc2C2NN(CCOCC(F)(F)F)C=C12. The standard InChI is InChI=1S/C17H16F3N6O/c18-17(19,20)9-27-6-5-26-8-12-15(25-26)11-2-1-10(13-3-4-22-24-13)7-14(11)23-16(12)21/h1-4,7-8,15,25H,5-6,9H2,(H2-,21,22,23,24)/q-1. The number of hydrogen-bond acceptors (Lipinski definition) is 6. The van der Waals surface area contributed by atoms with Crippen LogP contribution in [0.25, 0.3) is 11.3 Å². The third-order valence-corrected chi connectivity index (χ3v) is 4.28. The molecule has 0 radical (unpaired) electrons. The van der Waals surface area contributed by atoms with E-state index in [-0.39, 0.29) is 19.2 Å². The van der Waals surface area contributed by atoms with Crippen LogP contribution in [0.4, 0.5) is 18.9 Å². The molecule has 7 nitrogen and oxygen atoms in total. The normalized spacial score (nSPS) is 18.8. The summed E-state index contributed by atoms with van der Waals surface area (Å²) in [4.78, 5) is 4.45. The van der Waals surface area contributed by atoms with E-state index in [0.29, 0.717) is 5.84 Å². The van der Waals surface area contributed by atoms with Gasteiger partial charge in [-0.15, -0.1) is 0 Å². The fraction of sp³-hybridized carbons (Fsp3) is 0.294. The number of rotatable bonds is 5. The van der Waals surface area contributed by atoms with Crippen LogP contribution in [0.2, 0.25) is 0 Å². The molecule has 4 rings (SSSR count). The van der Waals surface area contributed by atoms with E-state index in [1.54, 1.807) is 23.5 Å². The fourth-order valence-electron chi connectivity index (χ4n) is 3.07. The van der Waals surface area contributed by atoms with Crippen LogP contribution in [-0.2, 0) is 4.74 Å². The Morgan fingerprint density at radius 1 is 1.30 bits per heavy atom. The molecule has 0 saturated carbocycles. The number of ether oxygens (including phenoxy) is 1. The summed E-state index contributed by atoms with van der Waals surface area (Å²) in [6, 6.07) is 7.35. The Morgan fingerprint density at radius 3 is 2.89 bits per heavy atom. The van der Waals surface area contributed by atoms with Crippen LogP contribution in [-0.4, -0.2) is 41.9 Å². The first-order valence-corrected chi connectivity index (χ1v) is 8.23. The molecular weight excluding hydrogens is 361 g/mol. The van der Waals surface area contributed by atoms with E-state index in [2.05, 4.69) is 25.4 Å². The van der Waals surface area contributed by atoms with E-state index in [1.807, 2.05) is 18.2 Å². The van der Waals surface area contributed by atoms with E-state index >= 15 is 0 Å². The summed E-state index contributed by atoms with van der Waals surface area (Å²) in [5.41, 5.74) is 13.4. The van der Waals surface area contributed by atoms with E-state index in [1.165, 1.54) is 0 Å². The zero-order valence-electron chi connectivity index (χ0n) is 14.1. The predicted molar refractivity (Wildman–Crippen MR) is 91.8 cm³/mol. The summed E-state index contributed by atoms with van der Waals surface area (Å²) < 4.78 is 41.1. The van der Waals surface area contributed by atoms with Gasteiger partial charge in [0.25, 0.3) is 0 Å². The molecule has 27 heavy (non-hydrogen) atoms. The Hall–Kier alpha value is -2.85. The Morgan fingerprint density at radius 2 is 2.15 bits per heavy atom. The second-order valence-electron chi connectivity index (χ2n) is 6.19. The molecule has 3 heterocycles. The number of hydrazine groups is 1. The van der Waals surface area contributed by atoms with Crippen LogP contribution in [0, 0.1) is 0 Å². The molecule has 2 aliphatic heterocycles. The van der Waals surface area contributed by atoms with Crippen molar-refractivity contribution in [3.8, 4) is 11.3 Å². The maximum absolute atomic E-state index is 12.1. The first-order chi connectivity index (χ1) is 12.9. The Labute approximate surface area is 152 Å². The zero-order valence-corrected chi connectivity index (χ0v) is 14.1. The maximum atomic E-state index is 12.1. The largest absolute Gasteiger partial charge is 0.581 e. The quantitative estimate of drug-likeness (QED) is 0.775. The lowest BCUT2D eigenvalue weighted by molar-refractivity contribution is -0.174. The number of nitrogens with two attached hydrogens (primary N) is 1. The minimum atomic E-state index is -4.33. The third kappa shape index (κ3) is 3.67. The molecule has 2 aliphatic rings. The average molecular weight is 377 g/mol. The number of alkyl halides is 3. The van der Waals surface area contributed by atoms with Gasteiger partial charge in [-0.25, -0.2) is 10.4 Å². The molecule has 3 N–H and O–H groups in total. The van der Waals surface area contributed by atoms with Crippen molar-refractivity contribution < 1.29 is 17.9 Å². The molecule has 142 valence electrons. The number of benzene rings is 1. The van der Waals surface area contributed by atoms with Crippen LogP contribution in [0.15, 0.2) is 47.2 Å². The number of amidine groups is 1. The van der Waals surface area contributed by atoms with Gasteiger partial charge in [0.1, 0.15) is 12.4 Å². The van der Waals surface area contributed by atoms with Crippen molar-refractivity contribution in [3.05, 3.63) is 47.8 Å². The van der Waals surface area contributed by atoms with Crippen molar-refractivity contribution in [1.82, 2.24) is 20.6 Å².